The Morgan fingerprint density at radius 3 is 2.76 bits per heavy atom. The van der Waals surface area contributed by atoms with Crippen LogP contribution in [0.2, 0.25) is 0 Å². The van der Waals surface area contributed by atoms with Gasteiger partial charge < -0.3 is 10.2 Å². The van der Waals surface area contributed by atoms with Gasteiger partial charge in [-0.15, -0.1) is 0 Å². The first kappa shape index (κ1) is 12.1. The van der Waals surface area contributed by atoms with E-state index in [1.54, 1.807) is 12.3 Å². The van der Waals surface area contributed by atoms with E-state index in [9.17, 15) is 4.79 Å². The highest BCUT2D eigenvalue weighted by molar-refractivity contribution is 5.92. The van der Waals surface area contributed by atoms with Crippen molar-refractivity contribution in [3.63, 3.8) is 0 Å². The number of rotatable bonds is 3. The number of hydrogen-bond donors (Lipinski definition) is 2. The fourth-order valence-corrected chi connectivity index (χ4v) is 2.21. The number of nitrogens with one attached hydrogen (secondary N) is 2. The molecule has 1 saturated heterocycles. The van der Waals surface area contributed by atoms with Gasteiger partial charge in [0.1, 0.15) is 5.69 Å². The van der Waals surface area contributed by atoms with Crippen molar-refractivity contribution in [2.75, 3.05) is 13.1 Å². The van der Waals surface area contributed by atoms with E-state index < -0.39 is 0 Å². The first-order chi connectivity index (χ1) is 8.16. The Bertz CT molecular complexity index is 353. The summed E-state index contributed by atoms with van der Waals surface area (Å²) in [5, 5.41) is 9.50. The van der Waals surface area contributed by atoms with E-state index >= 15 is 0 Å². The summed E-state index contributed by atoms with van der Waals surface area (Å²) in [4.78, 5) is 14.2. The summed E-state index contributed by atoms with van der Waals surface area (Å²) in [6, 6.07) is 2.58. The minimum Gasteiger partial charge on any atom is -0.348 e. The molecule has 0 aliphatic carbocycles. The molecule has 94 valence electrons. The summed E-state index contributed by atoms with van der Waals surface area (Å²) in [5.74, 6) is -0.0505. The van der Waals surface area contributed by atoms with Gasteiger partial charge in [-0.05, 0) is 32.8 Å². The molecule has 0 atom stereocenters. The summed E-state index contributed by atoms with van der Waals surface area (Å²) in [6.45, 7) is 6.55. The van der Waals surface area contributed by atoms with Gasteiger partial charge in [-0.25, -0.2) is 0 Å². The number of carbonyl (C=O) groups is 1. The van der Waals surface area contributed by atoms with E-state index in [0.717, 1.165) is 25.9 Å². The van der Waals surface area contributed by atoms with Crippen LogP contribution in [-0.2, 0) is 0 Å². The van der Waals surface area contributed by atoms with Crippen LogP contribution in [0.25, 0.3) is 0 Å². The lowest BCUT2D eigenvalue weighted by Crippen LogP contribution is -2.46. The highest BCUT2D eigenvalue weighted by atomic mass is 16.2. The molecule has 2 N–H and O–H groups in total. The van der Waals surface area contributed by atoms with Crippen molar-refractivity contribution in [1.29, 1.82) is 0 Å². The molecule has 1 aromatic heterocycles. The van der Waals surface area contributed by atoms with E-state index in [2.05, 4.69) is 34.3 Å². The van der Waals surface area contributed by atoms with Crippen molar-refractivity contribution in [2.24, 2.45) is 0 Å². The second-order valence-corrected chi connectivity index (χ2v) is 4.85. The van der Waals surface area contributed by atoms with Crippen LogP contribution in [0.3, 0.4) is 0 Å². The number of hydrogen-bond acceptors (Lipinski definition) is 3. The minimum atomic E-state index is -0.0505. The zero-order chi connectivity index (χ0) is 12.3. The van der Waals surface area contributed by atoms with E-state index in [1.807, 2.05) is 0 Å². The number of nitrogens with zero attached hydrogens (tertiary/aromatic N) is 2. The van der Waals surface area contributed by atoms with Crippen LogP contribution in [0.1, 0.15) is 37.2 Å². The summed E-state index contributed by atoms with van der Waals surface area (Å²) in [7, 11) is 0. The fraction of sp³-hybridized carbons (Fsp3) is 0.667. The van der Waals surface area contributed by atoms with Gasteiger partial charge in [-0.3, -0.25) is 9.89 Å². The van der Waals surface area contributed by atoms with Gasteiger partial charge in [0.2, 0.25) is 0 Å². The number of aromatic nitrogens is 2. The third-order valence-electron chi connectivity index (χ3n) is 3.34. The maximum Gasteiger partial charge on any atom is 0.269 e. The number of piperidine rings is 1. The minimum absolute atomic E-state index is 0.0505. The van der Waals surface area contributed by atoms with Crippen molar-refractivity contribution >= 4 is 5.91 Å². The average Bonchev–Trinajstić information content (AvgIpc) is 2.83. The summed E-state index contributed by atoms with van der Waals surface area (Å²) in [6.07, 6.45) is 3.65. The molecule has 2 heterocycles. The number of aromatic amines is 1. The van der Waals surface area contributed by atoms with Crippen molar-refractivity contribution in [1.82, 2.24) is 20.4 Å². The third-order valence-corrected chi connectivity index (χ3v) is 3.34. The van der Waals surface area contributed by atoms with E-state index in [0.29, 0.717) is 17.8 Å². The predicted molar refractivity (Wildman–Crippen MR) is 65.8 cm³/mol. The summed E-state index contributed by atoms with van der Waals surface area (Å²) >= 11 is 0. The Morgan fingerprint density at radius 2 is 2.24 bits per heavy atom. The number of likely N-dealkylation sites (tertiary alicyclic amines) is 1. The molecule has 0 aromatic carbocycles. The largest absolute Gasteiger partial charge is 0.348 e. The average molecular weight is 236 g/mol. The maximum absolute atomic E-state index is 11.8. The zero-order valence-corrected chi connectivity index (χ0v) is 10.4. The molecule has 1 aliphatic heterocycles. The molecule has 1 aromatic rings. The molecule has 2 rings (SSSR count). The maximum atomic E-state index is 11.8. The van der Waals surface area contributed by atoms with Crippen molar-refractivity contribution in [3.8, 4) is 0 Å². The van der Waals surface area contributed by atoms with Crippen LogP contribution >= 0.6 is 0 Å². The molecule has 0 saturated carbocycles. The van der Waals surface area contributed by atoms with Crippen LogP contribution in [0.15, 0.2) is 12.3 Å². The molecule has 5 heteroatoms. The van der Waals surface area contributed by atoms with Gasteiger partial charge in [0.15, 0.2) is 0 Å². The molecule has 5 nitrogen and oxygen atoms in total. The summed E-state index contributed by atoms with van der Waals surface area (Å²) in [5.41, 5.74) is 0.538. The Kier molecular flexibility index (Phi) is 3.78. The molecule has 0 unspecified atom stereocenters. The molecule has 0 radical (unpaired) electrons. The monoisotopic (exact) mass is 236 g/mol. The molecular formula is C12H20N4O. The lowest BCUT2D eigenvalue weighted by molar-refractivity contribution is 0.0895. The second-order valence-electron chi connectivity index (χ2n) is 4.85. The quantitative estimate of drug-likeness (QED) is 0.823. The standard InChI is InChI=1S/C12H20N4O/c1-9(2)16-7-4-10(5-8-16)14-12(17)11-3-6-13-15-11/h3,6,9-10H,4-5,7-8H2,1-2H3,(H,13,15)(H,14,17). The van der Waals surface area contributed by atoms with Gasteiger partial charge in [0, 0.05) is 31.4 Å². The number of H-pyrrole nitrogens is 1. The topological polar surface area (TPSA) is 61.0 Å². The first-order valence-corrected chi connectivity index (χ1v) is 6.21. The highest BCUT2D eigenvalue weighted by Gasteiger charge is 2.22. The van der Waals surface area contributed by atoms with Crippen molar-refractivity contribution < 1.29 is 4.79 Å². The SMILES string of the molecule is CC(C)N1CCC(NC(=O)c2ccn[nH]2)CC1. The van der Waals surface area contributed by atoms with E-state index in [-0.39, 0.29) is 5.91 Å². The normalized spacial score (nSPS) is 18.5. The van der Waals surface area contributed by atoms with Gasteiger partial charge >= 0.3 is 0 Å². The number of carbonyl (C=O) groups excluding carboxylic acids is 1. The van der Waals surface area contributed by atoms with Gasteiger partial charge in [0.05, 0.1) is 0 Å². The van der Waals surface area contributed by atoms with Crippen molar-refractivity contribution in [2.45, 2.75) is 38.8 Å². The highest BCUT2D eigenvalue weighted by Crippen LogP contribution is 2.13. The van der Waals surface area contributed by atoms with Crippen LogP contribution in [0.5, 0.6) is 0 Å². The molecule has 1 amide bonds. The molecule has 17 heavy (non-hydrogen) atoms. The third kappa shape index (κ3) is 3.06. The smallest absolute Gasteiger partial charge is 0.269 e. The second kappa shape index (κ2) is 5.31. The van der Waals surface area contributed by atoms with Crippen LogP contribution in [-0.4, -0.2) is 46.2 Å². The lowest BCUT2D eigenvalue weighted by atomic mass is 10.0. The molecule has 0 bridgehead atoms. The fourth-order valence-electron chi connectivity index (χ4n) is 2.21. The first-order valence-electron chi connectivity index (χ1n) is 6.21. The van der Waals surface area contributed by atoms with Crippen molar-refractivity contribution in [3.05, 3.63) is 18.0 Å². The summed E-state index contributed by atoms with van der Waals surface area (Å²) < 4.78 is 0. The van der Waals surface area contributed by atoms with Crippen LogP contribution in [0, 0.1) is 0 Å². The van der Waals surface area contributed by atoms with Gasteiger partial charge in [-0.1, -0.05) is 0 Å². The van der Waals surface area contributed by atoms with E-state index in [4.69, 9.17) is 0 Å². The Hall–Kier alpha value is -1.36. The molecular weight excluding hydrogens is 216 g/mol. The van der Waals surface area contributed by atoms with E-state index in [1.165, 1.54) is 0 Å². The molecule has 1 fully saturated rings. The van der Waals surface area contributed by atoms with Crippen LogP contribution < -0.4 is 5.32 Å². The number of amides is 1. The lowest BCUT2D eigenvalue weighted by Gasteiger charge is -2.34. The Morgan fingerprint density at radius 1 is 1.53 bits per heavy atom. The van der Waals surface area contributed by atoms with Gasteiger partial charge in [0.25, 0.3) is 5.91 Å². The Balaban J connectivity index is 1.80. The zero-order valence-electron chi connectivity index (χ0n) is 10.4. The van der Waals surface area contributed by atoms with Crippen LogP contribution in [0.4, 0.5) is 0 Å². The molecule has 1 aliphatic rings. The predicted octanol–water partition coefficient (Wildman–Crippen LogP) is 1.01. The molecule has 0 spiro atoms. The van der Waals surface area contributed by atoms with Gasteiger partial charge in [-0.2, -0.15) is 5.10 Å². The Labute approximate surface area is 102 Å².